The number of nitrogens with two attached hydrogens (primary N) is 1. The highest BCUT2D eigenvalue weighted by atomic mass is 35.5. The van der Waals surface area contributed by atoms with Gasteiger partial charge in [-0.15, -0.1) is 0 Å². The van der Waals surface area contributed by atoms with E-state index >= 15 is 0 Å². The van der Waals surface area contributed by atoms with E-state index in [0.717, 1.165) is 31.2 Å². The fourth-order valence-corrected chi connectivity index (χ4v) is 4.70. The number of rotatable bonds is 5. The number of piperidine rings is 1. The van der Waals surface area contributed by atoms with Gasteiger partial charge in [0, 0.05) is 25.0 Å². The summed E-state index contributed by atoms with van der Waals surface area (Å²) in [4.78, 5) is 26.3. The first-order chi connectivity index (χ1) is 13.0. The molecule has 0 bridgehead atoms. The summed E-state index contributed by atoms with van der Waals surface area (Å²) in [6.45, 7) is 2.95. The van der Waals surface area contributed by atoms with Crippen molar-refractivity contribution in [2.75, 3.05) is 13.1 Å². The van der Waals surface area contributed by atoms with Crippen LogP contribution in [0.5, 0.6) is 0 Å². The van der Waals surface area contributed by atoms with Gasteiger partial charge in [-0.3, -0.25) is 9.59 Å². The molecular formula is C21H30ClN3O2. The van der Waals surface area contributed by atoms with Crippen LogP contribution in [0.15, 0.2) is 24.3 Å². The first-order valence-corrected chi connectivity index (χ1v) is 10.4. The highest BCUT2D eigenvalue weighted by Gasteiger charge is 2.33. The van der Waals surface area contributed by atoms with Crippen molar-refractivity contribution in [1.29, 1.82) is 0 Å². The highest BCUT2D eigenvalue weighted by Crippen LogP contribution is 2.36. The molecule has 5 nitrogen and oxygen atoms in total. The van der Waals surface area contributed by atoms with E-state index in [1.807, 2.05) is 29.2 Å². The number of nitrogens with one attached hydrogen (secondary N) is 1. The number of likely N-dealkylation sites (tertiary alicyclic amines) is 1. The fourth-order valence-electron chi connectivity index (χ4n) is 4.50. The number of benzene rings is 1. The lowest BCUT2D eigenvalue weighted by molar-refractivity contribution is -0.130. The predicted octanol–water partition coefficient (Wildman–Crippen LogP) is 3.27. The normalized spacial score (nSPS) is 21.1. The highest BCUT2D eigenvalue weighted by molar-refractivity contribution is 6.30. The molecule has 6 heteroatoms. The molecule has 1 aliphatic carbocycles. The molecule has 1 aliphatic heterocycles. The first kappa shape index (κ1) is 20.2. The smallest absolute Gasteiger partial charge is 0.237 e. The number of carbonyl (C=O) groups is 2. The Morgan fingerprint density at radius 3 is 2.41 bits per heavy atom. The van der Waals surface area contributed by atoms with Gasteiger partial charge in [0.2, 0.25) is 11.8 Å². The molecule has 1 saturated heterocycles. The van der Waals surface area contributed by atoms with Gasteiger partial charge in [0.05, 0.1) is 12.1 Å². The average molecular weight is 392 g/mol. The van der Waals surface area contributed by atoms with Gasteiger partial charge < -0.3 is 16.0 Å². The van der Waals surface area contributed by atoms with E-state index in [-0.39, 0.29) is 23.8 Å². The van der Waals surface area contributed by atoms with Gasteiger partial charge in [0.15, 0.2) is 0 Å². The number of carbonyl (C=O) groups excluding carboxylic acids is 2. The third kappa shape index (κ3) is 5.02. The van der Waals surface area contributed by atoms with Crippen LogP contribution in [-0.4, -0.2) is 35.8 Å². The van der Waals surface area contributed by atoms with Crippen molar-refractivity contribution in [3.05, 3.63) is 34.9 Å². The minimum atomic E-state index is -0.540. The van der Waals surface area contributed by atoms with Crippen LogP contribution in [0.4, 0.5) is 0 Å². The molecule has 1 heterocycles. The molecule has 0 unspecified atom stereocenters. The van der Waals surface area contributed by atoms with E-state index in [0.29, 0.717) is 24.0 Å². The van der Waals surface area contributed by atoms with Gasteiger partial charge in [-0.25, -0.2) is 0 Å². The Morgan fingerprint density at radius 1 is 1.15 bits per heavy atom. The predicted molar refractivity (Wildman–Crippen MR) is 107 cm³/mol. The van der Waals surface area contributed by atoms with Crippen LogP contribution in [0.3, 0.4) is 0 Å². The fraction of sp³-hybridized carbons (Fsp3) is 0.619. The Balaban J connectivity index is 1.66. The molecule has 27 heavy (non-hydrogen) atoms. The van der Waals surface area contributed by atoms with Gasteiger partial charge in [-0.2, -0.15) is 0 Å². The van der Waals surface area contributed by atoms with Crippen molar-refractivity contribution in [2.24, 2.45) is 17.6 Å². The molecule has 2 fully saturated rings. The number of nitrogens with zero attached hydrogens (tertiary/aromatic N) is 1. The van der Waals surface area contributed by atoms with E-state index in [4.69, 9.17) is 17.3 Å². The third-order valence-corrected chi connectivity index (χ3v) is 6.41. The largest absolute Gasteiger partial charge is 0.348 e. The first-order valence-electron chi connectivity index (χ1n) is 10.0. The minimum absolute atomic E-state index is 0.0398. The lowest BCUT2D eigenvalue weighted by Gasteiger charge is -2.35. The van der Waals surface area contributed by atoms with E-state index in [9.17, 15) is 9.59 Å². The number of amides is 2. The van der Waals surface area contributed by atoms with Crippen molar-refractivity contribution in [1.82, 2.24) is 10.2 Å². The summed E-state index contributed by atoms with van der Waals surface area (Å²) in [6, 6.07) is 7.19. The van der Waals surface area contributed by atoms with Crippen molar-refractivity contribution in [3.8, 4) is 0 Å². The third-order valence-electron chi connectivity index (χ3n) is 6.17. The van der Waals surface area contributed by atoms with Crippen molar-refractivity contribution in [2.45, 2.75) is 57.5 Å². The minimum Gasteiger partial charge on any atom is -0.348 e. The van der Waals surface area contributed by atoms with Gasteiger partial charge in [-0.05, 0) is 55.2 Å². The second kappa shape index (κ2) is 9.07. The second-order valence-electron chi connectivity index (χ2n) is 7.96. The Bertz CT molecular complexity index is 667. The zero-order chi connectivity index (χ0) is 19.4. The van der Waals surface area contributed by atoms with Crippen LogP contribution in [0, 0.1) is 11.8 Å². The number of hydrogen-bond donors (Lipinski definition) is 2. The van der Waals surface area contributed by atoms with Crippen molar-refractivity contribution in [3.63, 3.8) is 0 Å². The Labute approximate surface area is 166 Å². The average Bonchev–Trinajstić information content (AvgIpc) is 3.19. The zero-order valence-electron chi connectivity index (χ0n) is 16.0. The summed E-state index contributed by atoms with van der Waals surface area (Å²) in [7, 11) is 0. The van der Waals surface area contributed by atoms with Gasteiger partial charge in [0.1, 0.15) is 0 Å². The van der Waals surface area contributed by atoms with Crippen LogP contribution >= 0.6 is 11.6 Å². The Hall–Kier alpha value is -1.59. The molecule has 1 saturated carbocycles. The maximum atomic E-state index is 12.9. The van der Waals surface area contributed by atoms with Gasteiger partial charge in [0.25, 0.3) is 0 Å². The SMILES string of the molecule is CC(=O)N1CCC([C@H](N)C(=O)N[C@H](c2cccc(Cl)c2)C2CCCC2)CC1. The molecule has 2 aliphatic rings. The maximum absolute atomic E-state index is 12.9. The molecule has 2 atom stereocenters. The molecule has 1 aromatic rings. The Kier molecular flexibility index (Phi) is 6.77. The molecular weight excluding hydrogens is 362 g/mol. The Morgan fingerprint density at radius 2 is 1.81 bits per heavy atom. The van der Waals surface area contributed by atoms with Crippen molar-refractivity contribution >= 4 is 23.4 Å². The molecule has 148 valence electrons. The van der Waals surface area contributed by atoms with E-state index < -0.39 is 6.04 Å². The van der Waals surface area contributed by atoms with E-state index in [2.05, 4.69) is 5.32 Å². The summed E-state index contributed by atoms with van der Waals surface area (Å²) in [5.41, 5.74) is 7.38. The molecule has 0 spiro atoms. The topological polar surface area (TPSA) is 75.4 Å². The van der Waals surface area contributed by atoms with E-state index in [1.165, 1.54) is 12.8 Å². The molecule has 3 rings (SSSR count). The molecule has 3 N–H and O–H groups in total. The second-order valence-corrected chi connectivity index (χ2v) is 8.39. The summed E-state index contributed by atoms with van der Waals surface area (Å²) in [5.74, 6) is 0.547. The van der Waals surface area contributed by atoms with Gasteiger partial charge in [-0.1, -0.05) is 36.6 Å². The lowest BCUT2D eigenvalue weighted by atomic mass is 9.87. The summed E-state index contributed by atoms with van der Waals surface area (Å²) >= 11 is 6.19. The summed E-state index contributed by atoms with van der Waals surface area (Å²) in [5, 5.41) is 3.92. The molecule has 1 aromatic carbocycles. The lowest BCUT2D eigenvalue weighted by Crippen LogP contribution is -2.51. The maximum Gasteiger partial charge on any atom is 0.237 e. The van der Waals surface area contributed by atoms with Crippen LogP contribution in [0.25, 0.3) is 0 Å². The van der Waals surface area contributed by atoms with Crippen LogP contribution < -0.4 is 11.1 Å². The number of hydrogen-bond acceptors (Lipinski definition) is 3. The zero-order valence-corrected chi connectivity index (χ0v) is 16.8. The molecule has 2 amide bonds. The summed E-state index contributed by atoms with van der Waals surface area (Å²) in [6.07, 6.45) is 6.19. The van der Waals surface area contributed by atoms with Gasteiger partial charge >= 0.3 is 0 Å². The van der Waals surface area contributed by atoms with Crippen LogP contribution in [0.1, 0.15) is 57.1 Å². The molecule has 0 radical (unpaired) electrons. The van der Waals surface area contributed by atoms with E-state index in [1.54, 1.807) is 6.92 Å². The van der Waals surface area contributed by atoms with Crippen LogP contribution in [0.2, 0.25) is 5.02 Å². The number of halogens is 1. The molecule has 0 aromatic heterocycles. The van der Waals surface area contributed by atoms with Crippen LogP contribution in [-0.2, 0) is 9.59 Å². The van der Waals surface area contributed by atoms with Crippen molar-refractivity contribution < 1.29 is 9.59 Å². The monoisotopic (exact) mass is 391 g/mol. The summed E-state index contributed by atoms with van der Waals surface area (Å²) < 4.78 is 0. The quantitative estimate of drug-likeness (QED) is 0.808. The standard InChI is InChI=1S/C21H30ClN3O2/c1-14(26)25-11-9-15(10-12-25)19(23)21(27)24-20(16-5-2-3-6-16)17-7-4-8-18(22)13-17/h4,7-8,13,15-16,19-20H,2-3,5-6,9-12,23H2,1H3,(H,24,27)/t19-,20-/m0/s1.